The summed E-state index contributed by atoms with van der Waals surface area (Å²) in [5.74, 6) is 0. The number of hydrogen-bond acceptors (Lipinski definition) is 1. The summed E-state index contributed by atoms with van der Waals surface area (Å²) in [5, 5.41) is 4.97. The van der Waals surface area contributed by atoms with Crippen molar-refractivity contribution in [1.82, 2.24) is 0 Å². The Morgan fingerprint density at radius 3 is 2.00 bits per heavy atom. The van der Waals surface area contributed by atoms with Gasteiger partial charge in [-0.3, -0.25) is 0 Å². The third-order valence-electron chi connectivity index (χ3n) is 4.83. The Morgan fingerprint density at radius 2 is 1.42 bits per heavy atom. The van der Waals surface area contributed by atoms with E-state index in [1.165, 1.54) is 22.4 Å². The van der Waals surface area contributed by atoms with Crippen molar-refractivity contribution in [2.45, 2.75) is 28.5 Å². The third-order valence-corrected chi connectivity index (χ3v) is 9.70. The van der Waals surface area contributed by atoms with Gasteiger partial charge in [0.15, 0.2) is 0 Å². The molecule has 1 nitrogen and oxygen atoms in total. The molecule has 0 amide bonds. The van der Waals surface area contributed by atoms with Crippen LogP contribution in [0.5, 0.6) is 0 Å². The van der Waals surface area contributed by atoms with Crippen LogP contribution in [0.25, 0.3) is 5.57 Å². The van der Waals surface area contributed by atoms with Gasteiger partial charge in [0.1, 0.15) is 0 Å². The summed E-state index contributed by atoms with van der Waals surface area (Å²) in [5.41, 5.74) is 7.28. The summed E-state index contributed by atoms with van der Waals surface area (Å²) in [7, 11) is 0. The molecule has 0 spiro atoms. The molecule has 3 heteroatoms. The topological polar surface area (TPSA) is 12.0 Å². The quantitative estimate of drug-likeness (QED) is 0.512. The number of nitrogens with one attached hydrogen (secondary N) is 1. The maximum atomic E-state index is 3.91. The van der Waals surface area contributed by atoms with Crippen molar-refractivity contribution in [2.24, 2.45) is 0 Å². The van der Waals surface area contributed by atoms with Crippen molar-refractivity contribution < 1.29 is 16.8 Å². The van der Waals surface area contributed by atoms with E-state index in [1.54, 1.807) is 17.7 Å². The van der Waals surface area contributed by atoms with Gasteiger partial charge in [0.2, 0.25) is 0 Å². The van der Waals surface area contributed by atoms with Gasteiger partial charge in [0.05, 0.1) is 0 Å². The molecule has 1 N–H and O–H groups in total. The minimum atomic E-state index is -2.25. The zero-order valence-corrected chi connectivity index (χ0v) is 17.4. The van der Waals surface area contributed by atoms with Gasteiger partial charge in [-0.15, -0.1) is 0 Å². The van der Waals surface area contributed by atoms with Gasteiger partial charge in [-0.05, 0) is 11.0 Å². The van der Waals surface area contributed by atoms with Gasteiger partial charge in [0, 0.05) is 0 Å². The second kappa shape index (κ2) is 9.92. The molecular weight excluding hydrogens is 366 g/mol. The SMILES string of the molecule is C=CC=C.CC1=C(C)[CH]([Ti]([CH3])([CH3])[NH]c2ccccc2)c2ccccc21.[SiH4]. The van der Waals surface area contributed by atoms with Crippen LogP contribution in [0.3, 0.4) is 0 Å². The van der Waals surface area contributed by atoms with E-state index in [0.29, 0.717) is 4.22 Å². The van der Waals surface area contributed by atoms with Gasteiger partial charge in [0.25, 0.3) is 0 Å². The van der Waals surface area contributed by atoms with Gasteiger partial charge < -0.3 is 0 Å². The Labute approximate surface area is 167 Å². The number of para-hydroxylation sites is 1. The van der Waals surface area contributed by atoms with Gasteiger partial charge in [-0.2, -0.15) is 0 Å². The van der Waals surface area contributed by atoms with Crippen LogP contribution in [0.1, 0.15) is 29.2 Å². The predicted octanol–water partition coefficient (Wildman–Crippen LogP) is 5.72. The van der Waals surface area contributed by atoms with Crippen LogP contribution in [-0.4, -0.2) is 11.0 Å². The number of benzene rings is 2. The van der Waals surface area contributed by atoms with Crippen molar-refractivity contribution in [2.75, 3.05) is 3.80 Å². The molecule has 1 aliphatic carbocycles. The largest absolute Gasteiger partial charge is 0.0149 e. The van der Waals surface area contributed by atoms with Crippen molar-refractivity contribution >= 4 is 22.2 Å². The number of allylic oxidation sites excluding steroid dienone is 4. The van der Waals surface area contributed by atoms with E-state index in [9.17, 15) is 0 Å². The Morgan fingerprint density at radius 1 is 0.885 bits per heavy atom. The molecule has 1 unspecified atom stereocenters. The van der Waals surface area contributed by atoms with Crippen LogP contribution in [0, 0.1) is 0 Å². The fourth-order valence-corrected chi connectivity index (χ4v) is 8.93. The summed E-state index contributed by atoms with van der Waals surface area (Å²) >= 11 is -2.25. The van der Waals surface area contributed by atoms with Crippen LogP contribution in [0.15, 0.2) is 85.5 Å². The summed E-state index contributed by atoms with van der Waals surface area (Å²) in [6.07, 6.45) is 3.28. The molecule has 0 heterocycles. The fourth-order valence-electron chi connectivity index (χ4n) is 3.65. The van der Waals surface area contributed by atoms with E-state index in [-0.39, 0.29) is 11.0 Å². The molecule has 0 saturated carbocycles. The first-order valence-corrected chi connectivity index (χ1v) is 13.6. The van der Waals surface area contributed by atoms with E-state index in [1.807, 2.05) is 0 Å². The second-order valence-corrected chi connectivity index (χ2v) is 13.7. The van der Waals surface area contributed by atoms with Gasteiger partial charge in [-0.1, -0.05) is 25.3 Å². The molecule has 0 fully saturated rings. The first-order chi connectivity index (χ1) is 11.9. The molecule has 0 radical (unpaired) electrons. The van der Waals surface area contributed by atoms with Crippen LogP contribution >= 0.6 is 0 Å². The van der Waals surface area contributed by atoms with Crippen molar-refractivity contribution in [3.63, 3.8) is 0 Å². The Bertz CT molecular complexity index is 772. The third kappa shape index (κ3) is 4.97. The summed E-state index contributed by atoms with van der Waals surface area (Å²) in [6, 6.07) is 19.6. The van der Waals surface area contributed by atoms with E-state index >= 15 is 0 Å². The smallest absolute Gasteiger partial charge is 0.0149 e. The zero-order valence-electron chi connectivity index (χ0n) is 15.8. The van der Waals surface area contributed by atoms with Crippen LogP contribution in [0.4, 0.5) is 5.69 Å². The first-order valence-electron chi connectivity index (χ1n) is 8.75. The number of fused-ring (bicyclic) bond motifs is 1. The predicted molar refractivity (Wildman–Crippen MR) is 121 cm³/mol. The van der Waals surface area contributed by atoms with Crippen LogP contribution in [0.2, 0.25) is 10.5 Å². The van der Waals surface area contributed by atoms with E-state index in [4.69, 9.17) is 0 Å². The van der Waals surface area contributed by atoms with E-state index < -0.39 is 16.8 Å². The summed E-state index contributed by atoms with van der Waals surface area (Å²) < 4.78 is 4.50. The molecule has 3 rings (SSSR count). The van der Waals surface area contributed by atoms with Gasteiger partial charge >= 0.3 is 132 Å². The molecule has 0 aliphatic heterocycles. The molecule has 1 aliphatic rings. The minimum absolute atomic E-state index is 0. The average Bonchev–Trinajstić information content (AvgIpc) is 2.87. The molecule has 138 valence electrons. The normalized spacial score (nSPS) is 15.2. The number of hydrogen-bond donors (Lipinski definition) is 1. The Kier molecular flexibility index (Phi) is 8.55. The molecule has 0 bridgehead atoms. The molecule has 2 aromatic carbocycles. The molecule has 0 aromatic heterocycles. The maximum Gasteiger partial charge on any atom is -0.0149 e. The molecule has 26 heavy (non-hydrogen) atoms. The van der Waals surface area contributed by atoms with Gasteiger partial charge in [-0.25, -0.2) is 0 Å². The molecule has 0 saturated heterocycles. The van der Waals surface area contributed by atoms with Crippen LogP contribution < -0.4 is 3.80 Å². The Hall–Kier alpha value is -1.61. The minimum Gasteiger partial charge on any atom is -0.0149 e. The van der Waals surface area contributed by atoms with Crippen molar-refractivity contribution in [3.05, 3.63) is 96.6 Å². The number of anilines is 1. The monoisotopic (exact) mass is 399 g/mol. The van der Waals surface area contributed by atoms with E-state index in [0.717, 1.165) is 0 Å². The number of rotatable bonds is 4. The molecular formula is C23H33NSiTi. The Balaban J connectivity index is 0.000000616. The summed E-state index contributed by atoms with van der Waals surface area (Å²) in [4.78, 5) is 0. The second-order valence-electron chi connectivity index (χ2n) is 7.01. The summed E-state index contributed by atoms with van der Waals surface area (Å²) in [6.45, 7) is 11.3. The molecule has 2 aromatic rings. The van der Waals surface area contributed by atoms with E-state index in [2.05, 4.69) is 95.9 Å². The zero-order chi connectivity index (χ0) is 18.4. The van der Waals surface area contributed by atoms with Crippen LogP contribution in [-0.2, 0) is 16.8 Å². The average molecular weight is 399 g/mol. The van der Waals surface area contributed by atoms with Crippen molar-refractivity contribution in [3.8, 4) is 0 Å². The maximum absolute atomic E-state index is 3.91. The fraction of sp³-hybridized carbons (Fsp3) is 0.217. The first kappa shape index (κ1) is 22.4. The standard InChI is InChI=1S/C11H11.C6H6N.C4H6.2CH3.H4Si.Ti/c1-8-7-10-5-3-4-6-11(10)9(8)2;7-6-4-2-1-3-5-6;1-3-4-2;;;;/h3-7H,1-2H3;1-5,7H;3-4H,1-2H2;2*1H3;1H4;/q;-1;;;;;+1. The molecule has 1 atom stereocenters. The van der Waals surface area contributed by atoms with Crippen molar-refractivity contribution in [1.29, 1.82) is 0 Å².